The van der Waals surface area contributed by atoms with Gasteiger partial charge >= 0.3 is 5.56 Å². The maximum atomic E-state index is 12.4. The summed E-state index contributed by atoms with van der Waals surface area (Å²) in [7, 11) is 0. The number of hydrogen-bond donors (Lipinski definition) is 0. The van der Waals surface area contributed by atoms with Crippen LogP contribution in [-0.2, 0) is 0 Å². The van der Waals surface area contributed by atoms with Crippen molar-refractivity contribution >= 4 is 5.65 Å². The van der Waals surface area contributed by atoms with E-state index in [-0.39, 0.29) is 17.0 Å². The van der Waals surface area contributed by atoms with Gasteiger partial charge in [0.25, 0.3) is 5.65 Å². The van der Waals surface area contributed by atoms with Crippen LogP contribution >= 0.6 is 0 Å². The van der Waals surface area contributed by atoms with Crippen LogP contribution in [0, 0.1) is 6.92 Å². The number of pyridine rings is 1. The largest absolute Gasteiger partial charge is 0.842 e. The third-order valence-electron chi connectivity index (χ3n) is 3.15. The van der Waals surface area contributed by atoms with Crippen LogP contribution in [0.15, 0.2) is 59.5 Å². The quantitative estimate of drug-likeness (QED) is 0.606. The Hall–Kier alpha value is -2.62. The molecule has 0 saturated carbocycles. The van der Waals surface area contributed by atoms with Crippen molar-refractivity contribution in [2.24, 2.45) is 0 Å². The fraction of sp³-hybridized carbons (Fsp3) is 0.0667. The van der Waals surface area contributed by atoms with Crippen molar-refractivity contribution in [3.63, 3.8) is 0 Å². The lowest BCUT2D eigenvalue weighted by atomic mass is 10.2. The molecule has 0 radical (unpaired) electrons. The van der Waals surface area contributed by atoms with Gasteiger partial charge in [-0.3, -0.25) is 0 Å². The summed E-state index contributed by atoms with van der Waals surface area (Å²) in [6.45, 7) is 1.56. The van der Waals surface area contributed by atoms with E-state index in [4.69, 9.17) is 0 Å². The highest BCUT2D eigenvalue weighted by atomic mass is 16.3. The van der Waals surface area contributed by atoms with Gasteiger partial charge in [0.05, 0.1) is 17.6 Å². The Bertz CT molecular complexity index is 807. The first kappa shape index (κ1) is 11.5. The second-order valence-electron chi connectivity index (χ2n) is 4.34. The molecular weight excluding hydrogens is 240 g/mol. The standard InChI is InChI=1S/C15H12N2O2/c1-11-14(18)16-10-6-5-9-13(16)17(15(11)19)12-7-3-2-4-8-12/h2-10H,1H3. The summed E-state index contributed by atoms with van der Waals surface area (Å²) in [6.07, 6.45) is 1.67. The molecule has 19 heavy (non-hydrogen) atoms. The number of aromatic nitrogens is 2. The lowest BCUT2D eigenvalue weighted by Crippen LogP contribution is -2.38. The molecule has 4 heteroatoms. The molecule has 0 saturated heterocycles. The summed E-state index contributed by atoms with van der Waals surface area (Å²) in [5, 5.41) is 12.1. The molecule has 0 unspecified atom stereocenters. The topological polar surface area (TPSA) is 49.2 Å². The Morgan fingerprint density at radius 1 is 1.05 bits per heavy atom. The lowest BCUT2D eigenvalue weighted by molar-refractivity contribution is -0.588. The first-order valence-corrected chi connectivity index (χ1v) is 5.98. The van der Waals surface area contributed by atoms with E-state index in [0.717, 1.165) is 5.69 Å². The Labute approximate surface area is 109 Å². The van der Waals surface area contributed by atoms with Gasteiger partial charge in [-0.25, -0.2) is 9.20 Å². The SMILES string of the molecule is Cc1c([O-])[n+]2ccccc2n(-c2ccccc2)c1=O. The normalized spacial score (nSPS) is 10.8. The van der Waals surface area contributed by atoms with Crippen LogP contribution in [0.3, 0.4) is 0 Å². The zero-order valence-corrected chi connectivity index (χ0v) is 10.4. The third kappa shape index (κ3) is 1.69. The number of benzene rings is 1. The third-order valence-corrected chi connectivity index (χ3v) is 3.15. The highest BCUT2D eigenvalue weighted by Gasteiger charge is 2.17. The van der Waals surface area contributed by atoms with Gasteiger partial charge in [0.15, 0.2) is 0 Å². The predicted octanol–water partition coefficient (Wildman–Crippen LogP) is 0.958. The van der Waals surface area contributed by atoms with Crippen LogP contribution < -0.4 is 15.1 Å². The fourth-order valence-corrected chi connectivity index (χ4v) is 2.16. The van der Waals surface area contributed by atoms with Crippen LogP contribution in [0.1, 0.15) is 5.56 Å². The van der Waals surface area contributed by atoms with Crippen molar-refractivity contribution in [2.45, 2.75) is 6.92 Å². The van der Waals surface area contributed by atoms with Crippen LogP contribution in [0.5, 0.6) is 5.88 Å². The van der Waals surface area contributed by atoms with Crippen molar-refractivity contribution < 1.29 is 9.51 Å². The van der Waals surface area contributed by atoms with Crippen molar-refractivity contribution in [3.8, 4) is 11.6 Å². The van der Waals surface area contributed by atoms with E-state index in [1.807, 2.05) is 36.4 Å². The van der Waals surface area contributed by atoms with E-state index in [9.17, 15) is 9.90 Å². The molecule has 94 valence electrons. The summed E-state index contributed by atoms with van der Waals surface area (Å²) in [6, 6.07) is 14.6. The predicted molar refractivity (Wildman–Crippen MR) is 69.4 cm³/mol. The summed E-state index contributed by atoms with van der Waals surface area (Å²) >= 11 is 0. The highest BCUT2D eigenvalue weighted by Crippen LogP contribution is 2.10. The molecule has 0 fully saturated rings. The van der Waals surface area contributed by atoms with Crippen LogP contribution in [0.4, 0.5) is 0 Å². The second kappa shape index (κ2) is 4.24. The molecule has 1 aromatic carbocycles. The summed E-state index contributed by atoms with van der Waals surface area (Å²) in [4.78, 5) is 12.4. The lowest BCUT2D eigenvalue weighted by Gasteiger charge is -2.11. The fourth-order valence-electron chi connectivity index (χ4n) is 2.16. The van der Waals surface area contributed by atoms with Gasteiger partial charge in [0.2, 0.25) is 0 Å². The molecule has 0 bridgehead atoms. The van der Waals surface area contributed by atoms with Gasteiger partial charge in [-0.2, -0.15) is 4.57 Å². The number of rotatable bonds is 1. The summed E-state index contributed by atoms with van der Waals surface area (Å²) in [5.74, 6) is -0.271. The van der Waals surface area contributed by atoms with Crippen molar-refractivity contribution in [1.29, 1.82) is 0 Å². The minimum absolute atomic E-state index is 0.215. The molecule has 0 aliphatic heterocycles. The number of para-hydroxylation sites is 1. The maximum absolute atomic E-state index is 12.4. The van der Waals surface area contributed by atoms with Gasteiger partial charge in [0, 0.05) is 6.07 Å². The number of nitrogens with zero attached hydrogens (tertiary/aromatic N) is 2. The minimum atomic E-state index is -0.276. The Kier molecular flexibility index (Phi) is 2.56. The van der Waals surface area contributed by atoms with Gasteiger partial charge in [0.1, 0.15) is 5.69 Å². The minimum Gasteiger partial charge on any atom is -0.842 e. The van der Waals surface area contributed by atoms with E-state index in [1.54, 1.807) is 29.8 Å². The molecule has 0 aliphatic rings. The Balaban J connectivity index is 2.52. The molecule has 2 aromatic heterocycles. The first-order chi connectivity index (χ1) is 9.20. The zero-order valence-electron chi connectivity index (χ0n) is 10.4. The second-order valence-corrected chi connectivity index (χ2v) is 4.34. The average molecular weight is 252 g/mol. The van der Waals surface area contributed by atoms with Crippen LogP contribution in [-0.4, -0.2) is 4.57 Å². The highest BCUT2D eigenvalue weighted by molar-refractivity contribution is 5.45. The number of fused-ring (bicyclic) bond motifs is 1. The molecule has 0 aliphatic carbocycles. The molecule has 0 amide bonds. The molecule has 3 rings (SSSR count). The Morgan fingerprint density at radius 3 is 2.47 bits per heavy atom. The van der Waals surface area contributed by atoms with Gasteiger partial charge in [-0.05, 0) is 25.1 Å². The molecule has 3 aromatic rings. The molecular formula is C15H12N2O2. The molecule has 0 spiro atoms. The van der Waals surface area contributed by atoms with E-state index in [0.29, 0.717) is 5.65 Å². The van der Waals surface area contributed by atoms with Crippen LogP contribution in [0.25, 0.3) is 11.3 Å². The van der Waals surface area contributed by atoms with E-state index in [1.165, 1.54) is 4.40 Å². The maximum Gasteiger partial charge on any atom is 0.345 e. The molecule has 4 nitrogen and oxygen atoms in total. The summed E-state index contributed by atoms with van der Waals surface area (Å²) in [5.41, 5.74) is 1.25. The Morgan fingerprint density at radius 2 is 1.74 bits per heavy atom. The van der Waals surface area contributed by atoms with Crippen molar-refractivity contribution in [2.75, 3.05) is 0 Å². The van der Waals surface area contributed by atoms with Crippen LogP contribution in [0.2, 0.25) is 0 Å². The molecule has 0 N–H and O–H groups in total. The smallest absolute Gasteiger partial charge is 0.345 e. The monoisotopic (exact) mass is 252 g/mol. The van der Waals surface area contributed by atoms with E-state index >= 15 is 0 Å². The number of hydrogen-bond acceptors (Lipinski definition) is 2. The van der Waals surface area contributed by atoms with Gasteiger partial charge in [-0.15, -0.1) is 0 Å². The first-order valence-electron chi connectivity index (χ1n) is 5.98. The van der Waals surface area contributed by atoms with E-state index in [2.05, 4.69) is 0 Å². The zero-order chi connectivity index (χ0) is 13.4. The summed E-state index contributed by atoms with van der Waals surface area (Å²) < 4.78 is 3.04. The molecule has 2 heterocycles. The average Bonchev–Trinajstić information content (AvgIpc) is 2.46. The van der Waals surface area contributed by atoms with Crippen molar-refractivity contribution in [1.82, 2.24) is 4.57 Å². The molecule has 0 atom stereocenters. The van der Waals surface area contributed by atoms with E-state index < -0.39 is 0 Å². The van der Waals surface area contributed by atoms with Crippen molar-refractivity contribution in [3.05, 3.63) is 70.6 Å². The van der Waals surface area contributed by atoms with Gasteiger partial charge in [-0.1, -0.05) is 24.3 Å². The van der Waals surface area contributed by atoms with Gasteiger partial charge < -0.3 is 5.11 Å².